The van der Waals surface area contributed by atoms with E-state index in [1.165, 1.54) is 6.21 Å². The molecule has 0 fully saturated rings. The van der Waals surface area contributed by atoms with Crippen molar-refractivity contribution >= 4 is 28.5 Å². The van der Waals surface area contributed by atoms with Gasteiger partial charge in [0, 0.05) is 42.5 Å². The Bertz CT molecular complexity index is 1250. The molecule has 3 aromatic heterocycles. The van der Waals surface area contributed by atoms with Gasteiger partial charge in [-0.25, -0.2) is 14.5 Å². The fourth-order valence-corrected chi connectivity index (χ4v) is 3.02. The van der Waals surface area contributed by atoms with E-state index in [-0.39, 0.29) is 0 Å². The van der Waals surface area contributed by atoms with E-state index in [1.54, 1.807) is 29.3 Å². The Balaban J connectivity index is 1.64. The summed E-state index contributed by atoms with van der Waals surface area (Å²) in [5, 5.41) is 25.0. The maximum atomic E-state index is 8.62. The van der Waals surface area contributed by atoms with Crippen molar-refractivity contribution in [3.8, 4) is 6.07 Å². The van der Waals surface area contributed by atoms with Crippen molar-refractivity contribution in [2.75, 3.05) is 6.54 Å². The molecule has 8 nitrogen and oxygen atoms in total. The summed E-state index contributed by atoms with van der Waals surface area (Å²) in [7, 11) is 0. The number of pyridine rings is 1. The molecule has 0 spiro atoms. The first-order chi connectivity index (χ1) is 14.3. The van der Waals surface area contributed by atoms with Crippen LogP contribution in [0, 0.1) is 16.7 Å². The molecule has 142 valence electrons. The lowest BCUT2D eigenvalue weighted by Crippen LogP contribution is -2.09. The minimum Gasteiger partial charge on any atom is -0.389 e. The molecule has 0 aliphatic rings. The summed E-state index contributed by atoms with van der Waals surface area (Å²) in [5.41, 5.74) is 4.12. The van der Waals surface area contributed by atoms with Crippen molar-refractivity contribution in [2.45, 2.75) is 12.8 Å². The first-order valence-corrected chi connectivity index (χ1v) is 9.13. The Morgan fingerprint density at radius 2 is 2.10 bits per heavy atom. The average molecular weight is 382 g/mol. The standard InChI is InChI=1S/C21H18N8/c22-6-2-7-24-12-17(11-23)20-14-27-21-26-13-18(29(21)28-20)10-15-4-5-19-16(9-15)3-1-8-25-19/h1,3-5,8-9,11-14,23-24H,2,7,10H2/b17-12+,23-11?. The van der Waals surface area contributed by atoms with Crippen LogP contribution >= 0.6 is 0 Å². The normalized spacial score (nSPS) is 11.5. The number of hydrogen-bond donors (Lipinski definition) is 2. The molecule has 29 heavy (non-hydrogen) atoms. The lowest BCUT2D eigenvalue weighted by molar-refractivity contribution is 0.835. The first-order valence-electron chi connectivity index (χ1n) is 9.13. The minimum atomic E-state index is 0.388. The van der Waals surface area contributed by atoms with Gasteiger partial charge in [-0.2, -0.15) is 10.4 Å². The number of allylic oxidation sites excluding steroid dienone is 1. The van der Waals surface area contributed by atoms with E-state index in [0.717, 1.165) is 22.2 Å². The molecule has 0 saturated heterocycles. The third-order valence-corrected chi connectivity index (χ3v) is 4.44. The van der Waals surface area contributed by atoms with Crippen LogP contribution in [-0.2, 0) is 6.42 Å². The third-order valence-electron chi connectivity index (χ3n) is 4.44. The molecule has 1 aromatic carbocycles. The van der Waals surface area contributed by atoms with E-state index in [0.29, 0.717) is 36.4 Å². The first kappa shape index (κ1) is 18.3. The number of nitrogens with zero attached hydrogens (tertiary/aromatic N) is 6. The highest BCUT2D eigenvalue weighted by molar-refractivity contribution is 6.07. The molecule has 4 rings (SSSR count). The van der Waals surface area contributed by atoms with E-state index >= 15 is 0 Å². The van der Waals surface area contributed by atoms with E-state index in [4.69, 9.17) is 10.7 Å². The van der Waals surface area contributed by atoms with Gasteiger partial charge in [-0.1, -0.05) is 12.1 Å². The lowest BCUT2D eigenvalue weighted by Gasteiger charge is -2.06. The summed E-state index contributed by atoms with van der Waals surface area (Å²) in [6.07, 6.45) is 9.07. The molecule has 0 bridgehead atoms. The fraction of sp³-hybridized carbons (Fsp3) is 0.143. The second kappa shape index (κ2) is 8.27. The Hall–Kier alpha value is -4.12. The van der Waals surface area contributed by atoms with Gasteiger partial charge in [0.2, 0.25) is 0 Å². The molecule has 0 amide bonds. The highest BCUT2D eigenvalue weighted by atomic mass is 15.3. The molecule has 2 N–H and O–H groups in total. The van der Waals surface area contributed by atoms with Crippen LogP contribution in [0.3, 0.4) is 0 Å². The summed E-state index contributed by atoms with van der Waals surface area (Å²) in [5.74, 6) is 0.507. The Morgan fingerprint density at radius 3 is 2.97 bits per heavy atom. The minimum absolute atomic E-state index is 0.388. The van der Waals surface area contributed by atoms with Crippen LogP contribution in [0.1, 0.15) is 23.4 Å². The number of aromatic nitrogens is 5. The SMILES string of the molecule is N#CCCN/C=C(\C=N)c1cnc2ncc(Cc3ccc4ncccc4c3)n2n1. The number of rotatable bonds is 7. The Kier molecular flexibility index (Phi) is 5.21. The van der Waals surface area contributed by atoms with Crippen LogP contribution < -0.4 is 5.32 Å². The van der Waals surface area contributed by atoms with Crippen LogP contribution in [-0.4, -0.2) is 37.3 Å². The molecule has 3 heterocycles. The van der Waals surface area contributed by atoms with Gasteiger partial charge in [0.15, 0.2) is 0 Å². The smallest absolute Gasteiger partial charge is 0.250 e. The van der Waals surface area contributed by atoms with Gasteiger partial charge in [0.05, 0.1) is 36.1 Å². The van der Waals surface area contributed by atoms with Crippen molar-refractivity contribution in [1.29, 1.82) is 10.7 Å². The highest BCUT2D eigenvalue weighted by Gasteiger charge is 2.10. The van der Waals surface area contributed by atoms with Crippen molar-refractivity contribution in [2.24, 2.45) is 0 Å². The number of nitriles is 1. The molecular formula is C21H18N8. The zero-order valence-corrected chi connectivity index (χ0v) is 15.6. The number of fused-ring (bicyclic) bond motifs is 2. The second-order valence-electron chi connectivity index (χ2n) is 6.42. The highest BCUT2D eigenvalue weighted by Crippen LogP contribution is 2.17. The van der Waals surface area contributed by atoms with Crippen LogP contribution in [0.25, 0.3) is 22.3 Å². The number of benzene rings is 1. The van der Waals surface area contributed by atoms with Crippen LogP contribution in [0.5, 0.6) is 0 Å². The number of hydrogen-bond acceptors (Lipinski definition) is 7. The molecule has 0 radical (unpaired) electrons. The summed E-state index contributed by atoms with van der Waals surface area (Å²) in [6, 6.07) is 12.2. The maximum absolute atomic E-state index is 8.62. The van der Waals surface area contributed by atoms with E-state index < -0.39 is 0 Å². The summed E-state index contributed by atoms with van der Waals surface area (Å²) < 4.78 is 1.70. The molecule has 0 aliphatic heterocycles. The van der Waals surface area contributed by atoms with Crippen LogP contribution in [0.2, 0.25) is 0 Å². The maximum Gasteiger partial charge on any atom is 0.250 e. The predicted molar refractivity (Wildman–Crippen MR) is 110 cm³/mol. The summed E-state index contributed by atoms with van der Waals surface area (Å²) in [4.78, 5) is 13.1. The van der Waals surface area contributed by atoms with Crippen molar-refractivity contribution in [3.05, 3.63) is 72.1 Å². The molecule has 0 unspecified atom stereocenters. The van der Waals surface area contributed by atoms with Crippen molar-refractivity contribution in [3.63, 3.8) is 0 Å². The molecule has 0 atom stereocenters. The average Bonchev–Trinajstić information content (AvgIpc) is 3.16. The molecular weight excluding hydrogens is 364 g/mol. The van der Waals surface area contributed by atoms with Gasteiger partial charge in [-0.05, 0) is 23.8 Å². The van der Waals surface area contributed by atoms with Gasteiger partial charge in [0.25, 0.3) is 5.78 Å². The summed E-state index contributed by atoms with van der Waals surface area (Å²) >= 11 is 0. The number of nitrogens with one attached hydrogen (secondary N) is 2. The monoisotopic (exact) mass is 382 g/mol. The van der Waals surface area contributed by atoms with E-state index in [2.05, 4.69) is 37.5 Å². The fourth-order valence-electron chi connectivity index (χ4n) is 3.02. The molecule has 0 saturated carbocycles. The topological polar surface area (TPSA) is 116 Å². The summed E-state index contributed by atoms with van der Waals surface area (Å²) in [6.45, 7) is 0.511. The van der Waals surface area contributed by atoms with Crippen LogP contribution in [0.4, 0.5) is 0 Å². The van der Waals surface area contributed by atoms with Gasteiger partial charge in [-0.15, -0.1) is 0 Å². The third kappa shape index (κ3) is 3.94. The van der Waals surface area contributed by atoms with Gasteiger partial charge in [0.1, 0.15) is 5.69 Å². The van der Waals surface area contributed by atoms with Gasteiger partial charge in [-0.3, -0.25) is 4.98 Å². The molecule has 0 aliphatic carbocycles. The van der Waals surface area contributed by atoms with Crippen molar-refractivity contribution < 1.29 is 0 Å². The van der Waals surface area contributed by atoms with Crippen molar-refractivity contribution in [1.82, 2.24) is 29.9 Å². The van der Waals surface area contributed by atoms with Crippen LogP contribution in [0.15, 0.2) is 55.1 Å². The quantitative estimate of drug-likeness (QED) is 0.375. The Labute approximate surface area is 167 Å². The zero-order chi connectivity index (χ0) is 20.1. The largest absolute Gasteiger partial charge is 0.389 e. The van der Waals surface area contributed by atoms with Gasteiger partial charge >= 0.3 is 0 Å². The molecule has 8 heteroatoms. The predicted octanol–water partition coefficient (Wildman–Crippen LogP) is 2.76. The Morgan fingerprint density at radius 1 is 1.21 bits per heavy atom. The number of imidazole rings is 1. The second-order valence-corrected chi connectivity index (χ2v) is 6.42. The zero-order valence-electron chi connectivity index (χ0n) is 15.6. The molecule has 4 aromatic rings. The van der Waals surface area contributed by atoms with E-state index in [9.17, 15) is 0 Å². The van der Waals surface area contributed by atoms with Gasteiger partial charge < -0.3 is 10.7 Å². The lowest BCUT2D eigenvalue weighted by atomic mass is 10.1. The van der Waals surface area contributed by atoms with E-state index in [1.807, 2.05) is 24.3 Å².